The first kappa shape index (κ1) is 20.5. The molecule has 1 fully saturated rings. The largest absolute Gasteiger partial charge is 0.497 e. The highest BCUT2D eigenvalue weighted by molar-refractivity contribution is 6.31. The quantitative estimate of drug-likeness (QED) is 0.747. The monoisotopic (exact) mass is 402 g/mol. The molecule has 2 aromatic carbocycles. The Morgan fingerprint density at radius 2 is 2.04 bits per heavy atom. The van der Waals surface area contributed by atoms with E-state index in [-0.39, 0.29) is 18.0 Å². The maximum absolute atomic E-state index is 12.7. The number of hydrogen-bond acceptors (Lipinski definition) is 4. The summed E-state index contributed by atoms with van der Waals surface area (Å²) in [6.07, 6.45) is 2.02. The van der Waals surface area contributed by atoms with Gasteiger partial charge in [-0.05, 0) is 56.1 Å². The van der Waals surface area contributed by atoms with Crippen LogP contribution >= 0.6 is 11.6 Å². The number of likely N-dealkylation sites (tertiary alicyclic amines) is 1. The summed E-state index contributed by atoms with van der Waals surface area (Å²) in [5.41, 5.74) is 1.98. The van der Waals surface area contributed by atoms with E-state index in [1.165, 1.54) is 0 Å². The number of carbonyl (C=O) groups is 1. The Labute approximate surface area is 171 Å². The van der Waals surface area contributed by atoms with Gasteiger partial charge in [-0.3, -0.25) is 9.69 Å². The lowest BCUT2D eigenvalue weighted by molar-refractivity contribution is -0.123. The summed E-state index contributed by atoms with van der Waals surface area (Å²) < 4.78 is 10.9. The second-order valence-corrected chi connectivity index (χ2v) is 7.45. The lowest BCUT2D eigenvalue weighted by Gasteiger charge is -2.26. The second kappa shape index (κ2) is 9.30. The number of carbonyl (C=O) groups excluding carboxylic acids is 1. The van der Waals surface area contributed by atoms with Crippen molar-refractivity contribution in [2.45, 2.75) is 31.8 Å². The van der Waals surface area contributed by atoms with Crippen molar-refractivity contribution in [3.8, 4) is 11.5 Å². The molecule has 1 saturated heterocycles. The first-order chi connectivity index (χ1) is 13.5. The van der Waals surface area contributed by atoms with Gasteiger partial charge in [0.1, 0.15) is 11.5 Å². The Morgan fingerprint density at radius 3 is 2.75 bits per heavy atom. The molecular formula is C22H27ClN2O3. The topological polar surface area (TPSA) is 50.8 Å². The summed E-state index contributed by atoms with van der Waals surface area (Å²) in [6.45, 7) is 3.16. The zero-order valence-corrected chi connectivity index (χ0v) is 17.3. The molecule has 6 heteroatoms. The SMILES string of the molecule is COc1ccc(OC)c([C@@H]2CCCN2CC(=O)N[C@@H](C)c2ccccc2Cl)c1. The molecule has 2 atom stereocenters. The molecule has 0 unspecified atom stereocenters. The van der Waals surface area contributed by atoms with Crippen molar-refractivity contribution in [1.82, 2.24) is 10.2 Å². The van der Waals surface area contributed by atoms with Crippen LogP contribution in [0.3, 0.4) is 0 Å². The van der Waals surface area contributed by atoms with E-state index in [4.69, 9.17) is 21.1 Å². The van der Waals surface area contributed by atoms with Crippen LogP contribution in [0.5, 0.6) is 11.5 Å². The number of rotatable bonds is 7. The van der Waals surface area contributed by atoms with Crippen molar-refractivity contribution < 1.29 is 14.3 Å². The summed E-state index contributed by atoms with van der Waals surface area (Å²) in [5.74, 6) is 1.60. The van der Waals surface area contributed by atoms with Gasteiger partial charge in [-0.15, -0.1) is 0 Å². The highest BCUT2D eigenvalue weighted by Crippen LogP contribution is 2.38. The minimum atomic E-state index is -0.145. The molecule has 2 aromatic rings. The second-order valence-electron chi connectivity index (χ2n) is 7.05. The van der Waals surface area contributed by atoms with Crippen molar-refractivity contribution in [3.05, 3.63) is 58.6 Å². The van der Waals surface area contributed by atoms with Crippen molar-refractivity contribution in [3.63, 3.8) is 0 Å². The smallest absolute Gasteiger partial charge is 0.234 e. The van der Waals surface area contributed by atoms with Gasteiger partial charge in [0.15, 0.2) is 0 Å². The third-order valence-corrected chi connectivity index (χ3v) is 5.60. The molecule has 1 heterocycles. The maximum atomic E-state index is 12.7. The molecule has 0 aromatic heterocycles. The van der Waals surface area contributed by atoms with Gasteiger partial charge >= 0.3 is 0 Å². The summed E-state index contributed by atoms with van der Waals surface area (Å²) >= 11 is 6.25. The van der Waals surface area contributed by atoms with Crippen LogP contribution in [0, 0.1) is 0 Å². The lowest BCUT2D eigenvalue weighted by atomic mass is 10.0. The summed E-state index contributed by atoms with van der Waals surface area (Å²) in [4.78, 5) is 14.9. The molecule has 3 rings (SSSR count). The molecular weight excluding hydrogens is 376 g/mol. The Bertz CT molecular complexity index is 827. The molecule has 1 aliphatic heterocycles. The van der Waals surface area contributed by atoms with Crippen LogP contribution in [-0.2, 0) is 4.79 Å². The van der Waals surface area contributed by atoms with Gasteiger partial charge in [0.25, 0.3) is 0 Å². The zero-order chi connectivity index (χ0) is 20.1. The van der Waals surface area contributed by atoms with Crippen molar-refractivity contribution in [2.75, 3.05) is 27.3 Å². The van der Waals surface area contributed by atoms with E-state index in [0.29, 0.717) is 11.6 Å². The van der Waals surface area contributed by atoms with Crippen molar-refractivity contribution in [1.29, 1.82) is 0 Å². The number of nitrogens with zero attached hydrogens (tertiary/aromatic N) is 1. The summed E-state index contributed by atoms with van der Waals surface area (Å²) in [5, 5.41) is 3.73. The van der Waals surface area contributed by atoms with E-state index in [9.17, 15) is 4.79 Å². The van der Waals surface area contributed by atoms with Gasteiger partial charge in [-0.25, -0.2) is 0 Å². The predicted octanol–water partition coefficient (Wildman–Crippen LogP) is 4.37. The number of hydrogen-bond donors (Lipinski definition) is 1. The van der Waals surface area contributed by atoms with E-state index in [1.807, 2.05) is 49.4 Å². The van der Waals surface area contributed by atoms with Crippen LogP contribution < -0.4 is 14.8 Å². The number of halogens is 1. The first-order valence-electron chi connectivity index (χ1n) is 9.53. The van der Waals surface area contributed by atoms with Gasteiger partial charge in [0.05, 0.1) is 26.8 Å². The van der Waals surface area contributed by atoms with Gasteiger partial charge < -0.3 is 14.8 Å². The highest BCUT2D eigenvalue weighted by atomic mass is 35.5. The molecule has 0 radical (unpaired) electrons. The Hall–Kier alpha value is -2.24. The van der Waals surface area contributed by atoms with Gasteiger partial charge in [0, 0.05) is 16.6 Å². The van der Waals surface area contributed by atoms with Crippen molar-refractivity contribution >= 4 is 17.5 Å². The average Bonchev–Trinajstić information content (AvgIpc) is 3.15. The average molecular weight is 403 g/mol. The molecule has 1 amide bonds. The van der Waals surface area contributed by atoms with Crippen LogP contribution in [0.15, 0.2) is 42.5 Å². The van der Waals surface area contributed by atoms with E-state index in [1.54, 1.807) is 14.2 Å². The van der Waals surface area contributed by atoms with Crippen LogP contribution in [-0.4, -0.2) is 38.1 Å². The fourth-order valence-corrected chi connectivity index (χ4v) is 4.14. The van der Waals surface area contributed by atoms with Crippen LogP contribution in [0.25, 0.3) is 0 Å². The molecule has 0 spiro atoms. The number of benzene rings is 2. The Morgan fingerprint density at radius 1 is 1.25 bits per heavy atom. The highest BCUT2D eigenvalue weighted by Gasteiger charge is 2.30. The minimum absolute atomic E-state index is 0.0128. The maximum Gasteiger partial charge on any atom is 0.234 e. The standard InChI is InChI=1S/C22H27ClN2O3/c1-15(17-7-4-5-8-19(17)23)24-22(26)14-25-12-6-9-20(25)18-13-16(27-2)10-11-21(18)28-3/h4-5,7-8,10-11,13,15,20H,6,9,12,14H2,1-3H3,(H,24,26)/t15-,20-/m0/s1. The van der Waals surface area contributed by atoms with Crippen LogP contribution in [0.2, 0.25) is 5.02 Å². The van der Waals surface area contributed by atoms with Gasteiger partial charge in [-0.1, -0.05) is 29.8 Å². The van der Waals surface area contributed by atoms with Crippen LogP contribution in [0.4, 0.5) is 0 Å². The number of nitrogens with one attached hydrogen (secondary N) is 1. The molecule has 1 aliphatic rings. The minimum Gasteiger partial charge on any atom is -0.497 e. The Kier molecular flexibility index (Phi) is 6.81. The third kappa shape index (κ3) is 4.59. The van der Waals surface area contributed by atoms with E-state index < -0.39 is 0 Å². The molecule has 150 valence electrons. The van der Waals surface area contributed by atoms with E-state index >= 15 is 0 Å². The molecule has 1 N–H and O–H groups in total. The zero-order valence-electron chi connectivity index (χ0n) is 16.6. The number of amides is 1. The van der Waals surface area contributed by atoms with Gasteiger partial charge in [-0.2, -0.15) is 0 Å². The van der Waals surface area contributed by atoms with Crippen molar-refractivity contribution in [2.24, 2.45) is 0 Å². The molecule has 28 heavy (non-hydrogen) atoms. The van der Waals surface area contributed by atoms with E-state index in [2.05, 4.69) is 10.2 Å². The third-order valence-electron chi connectivity index (χ3n) is 5.26. The lowest BCUT2D eigenvalue weighted by Crippen LogP contribution is -2.38. The fourth-order valence-electron chi connectivity index (χ4n) is 3.84. The number of ether oxygens (including phenoxy) is 2. The molecule has 5 nitrogen and oxygen atoms in total. The Balaban J connectivity index is 1.70. The first-order valence-corrected chi connectivity index (χ1v) is 9.91. The normalized spacial score (nSPS) is 17.9. The van der Waals surface area contributed by atoms with E-state index in [0.717, 1.165) is 42.0 Å². The van der Waals surface area contributed by atoms with Gasteiger partial charge in [0.2, 0.25) is 5.91 Å². The fraction of sp³-hybridized carbons (Fsp3) is 0.409. The summed E-state index contributed by atoms with van der Waals surface area (Å²) in [7, 11) is 3.32. The molecule has 0 saturated carbocycles. The number of methoxy groups -OCH3 is 2. The predicted molar refractivity (Wildman–Crippen MR) is 111 cm³/mol. The summed E-state index contributed by atoms with van der Waals surface area (Å²) in [6, 6.07) is 13.4. The molecule has 0 aliphatic carbocycles. The molecule has 0 bridgehead atoms. The van der Waals surface area contributed by atoms with Crippen LogP contribution in [0.1, 0.15) is 43.0 Å².